The molecule has 0 saturated heterocycles. The van der Waals surface area contributed by atoms with Crippen molar-refractivity contribution in [1.29, 1.82) is 0 Å². The Bertz CT molecular complexity index is 671. The minimum atomic E-state index is -2.58. The molecule has 6 nitrogen and oxygen atoms in total. The summed E-state index contributed by atoms with van der Waals surface area (Å²) in [4.78, 5) is 11.3. The fourth-order valence-corrected chi connectivity index (χ4v) is 2.54. The third-order valence-corrected chi connectivity index (χ3v) is 3.54. The molecule has 8 heteroatoms. The van der Waals surface area contributed by atoms with E-state index >= 15 is 0 Å². The summed E-state index contributed by atoms with van der Waals surface area (Å²) in [6.07, 6.45) is 2.47. The fourth-order valence-electron chi connectivity index (χ4n) is 1.90. The zero-order chi connectivity index (χ0) is 15.4. The third kappa shape index (κ3) is 4.07. The van der Waals surface area contributed by atoms with E-state index in [9.17, 15) is 18.7 Å². The molecule has 1 atom stereocenters. The van der Waals surface area contributed by atoms with Crippen LogP contribution in [0.25, 0.3) is 0 Å². The first-order valence-corrected chi connectivity index (χ1v) is 7.36. The molecule has 0 fully saturated rings. The van der Waals surface area contributed by atoms with E-state index in [1.54, 1.807) is 12.1 Å². The third-order valence-electron chi connectivity index (χ3n) is 2.84. The highest BCUT2D eigenvalue weighted by molar-refractivity contribution is 7.80. The first-order chi connectivity index (χ1) is 9.97. The molecule has 1 aromatic heterocycles. The van der Waals surface area contributed by atoms with Crippen molar-refractivity contribution in [2.75, 3.05) is 4.72 Å². The monoisotopic (exact) mass is 328 g/mol. The predicted octanol–water partition coefficient (Wildman–Crippen LogP) is 2.62. The van der Waals surface area contributed by atoms with Gasteiger partial charge in [0.05, 0.1) is 22.5 Å². The van der Waals surface area contributed by atoms with Crippen LogP contribution in [0.4, 0.5) is 5.69 Å². The Kier molecular flexibility index (Phi) is 5.00. The Morgan fingerprint density at radius 2 is 2.19 bits per heavy atom. The molecular weight excluding hydrogens is 318 g/mol. The van der Waals surface area contributed by atoms with Gasteiger partial charge < -0.3 is 18.8 Å². The Labute approximate surface area is 128 Å². The van der Waals surface area contributed by atoms with Crippen LogP contribution < -0.4 is 4.72 Å². The molecule has 1 heterocycles. The van der Waals surface area contributed by atoms with Crippen LogP contribution in [0.3, 0.4) is 0 Å². The number of anilines is 1. The van der Waals surface area contributed by atoms with Crippen LogP contribution in [-0.2, 0) is 24.1 Å². The number of carboxylic acids is 1. The van der Waals surface area contributed by atoms with E-state index in [4.69, 9.17) is 16.0 Å². The molecule has 0 aliphatic carbocycles. The largest absolute Gasteiger partial charge is 0.755 e. The predicted molar refractivity (Wildman–Crippen MR) is 77.1 cm³/mol. The van der Waals surface area contributed by atoms with E-state index in [1.807, 2.05) is 0 Å². The minimum absolute atomic E-state index is 0.00101. The summed E-state index contributed by atoms with van der Waals surface area (Å²) < 4.78 is 28.5. The maximum absolute atomic E-state index is 11.3. The molecule has 1 unspecified atom stereocenters. The second kappa shape index (κ2) is 6.75. The highest BCUT2D eigenvalue weighted by Crippen LogP contribution is 2.27. The first kappa shape index (κ1) is 15.6. The number of halogens is 1. The zero-order valence-electron chi connectivity index (χ0n) is 10.7. The lowest BCUT2D eigenvalue weighted by molar-refractivity contribution is 0.0695. The first-order valence-electron chi connectivity index (χ1n) is 5.91. The van der Waals surface area contributed by atoms with Gasteiger partial charge in [0.15, 0.2) is 0 Å². The average molecular weight is 329 g/mol. The summed E-state index contributed by atoms with van der Waals surface area (Å²) in [7, 11) is 0. The molecule has 112 valence electrons. The van der Waals surface area contributed by atoms with Gasteiger partial charge in [-0.15, -0.1) is 0 Å². The van der Waals surface area contributed by atoms with E-state index in [0.29, 0.717) is 18.4 Å². The van der Waals surface area contributed by atoms with Crippen molar-refractivity contribution in [1.82, 2.24) is 0 Å². The molecule has 21 heavy (non-hydrogen) atoms. The van der Waals surface area contributed by atoms with Crippen LogP contribution in [-0.4, -0.2) is 19.8 Å². The van der Waals surface area contributed by atoms with Crippen molar-refractivity contribution < 1.29 is 23.1 Å². The molecule has 0 spiro atoms. The Morgan fingerprint density at radius 3 is 2.76 bits per heavy atom. The van der Waals surface area contributed by atoms with Gasteiger partial charge in [-0.1, -0.05) is 11.6 Å². The van der Waals surface area contributed by atoms with Crippen LogP contribution in [0.1, 0.15) is 21.7 Å². The second-order valence-corrected chi connectivity index (χ2v) is 5.29. The summed E-state index contributed by atoms with van der Waals surface area (Å²) >= 11 is 3.38. The average Bonchev–Trinajstić information content (AvgIpc) is 2.91. The molecule has 0 saturated carbocycles. The molecule has 1 aromatic carbocycles. The summed E-state index contributed by atoms with van der Waals surface area (Å²) in [6.45, 7) is 0. The van der Waals surface area contributed by atoms with Gasteiger partial charge in [0.1, 0.15) is 5.76 Å². The molecule has 2 aromatic rings. The zero-order valence-corrected chi connectivity index (χ0v) is 12.2. The number of furan rings is 1. The van der Waals surface area contributed by atoms with Crippen molar-refractivity contribution in [3.8, 4) is 0 Å². The van der Waals surface area contributed by atoms with Gasteiger partial charge in [-0.25, -0.2) is 4.79 Å². The lowest BCUT2D eigenvalue weighted by Crippen LogP contribution is -2.08. The van der Waals surface area contributed by atoms with Gasteiger partial charge >= 0.3 is 5.97 Å². The number of benzene rings is 1. The van der Waals surface area contributed by atoms with Crippen LogP contribution in [0, 0.1) is 0 Å². The van der Waals surface area contributed by atoms with Crippen molar-refractivity contribution in [3.05, 3.63) is 52.4 Å². The van der Waals surface area contributed by atoms with Gasteiger partial charge in [0.25, 0.3) is 0 Å². The number of carbonyl (C=O) groups is 1. The molecule has 0 amide bonds. The van der Waals surface area contributed by atoms with Crippen LogP contribution in [0.15, 0.2) is 34.9 Å². The topological polar surface area (TPSA) is 103 Å². The maximum Gasteiger partial charge on any atom is 0.336 e. The molecule has 0 aliphatic heterocycles. The highest BCUT2D eigenvalue weighted by Gasteiger charge is 2.14. The Balaban J connectivity index is 2.29. The van der Waals surface area contributed by atoms with E-state index in [0.717, 1.165) is 5.76 Å². The Hall–Kier alpha value is -1.83. The van der Waals surface area contributed by atoms with Gasteiger partial charge in [-0.2, -0.15) is 0 Å². The highest BCUT2D eigenvalue weighted by atomic mass is 35.5. The van der Waals surface area contributed by atoms with Crippen molar-refractivity contribution in [3.63, 3.8) is 0 Å². The van der Waals surface area contributed by atoms with E-state index < -0.39 is 17.2 Å². The quantitative estimate of drug-likeness (QED) is 0.793. The number of hydrogen-bond donors (Lipinski definition) is 2. The number of hydrogen-bond acceptors (Lipinski definition) is 4. The molecule has 0 aliphatic rings. The molecule has 0 radical (unpaired) electrons. The van der Waals surface area contributed by atoms with Gasteiger partial charge in [-0.3, -0.25) is 4.21 Å². The van der Waals surface area contributed by atoms with Crippen LogP contribution >= 0.6 is 11.6 Å². The summed E-state index contributed by atoms with van der Waals surface area (Å²) in [5, 5.41) is 9.36. The lowest BCUT2D eigenvalue weighted by Gasteiger charge is -2.14. The van der Waals surface area contributed by atoms with Crippen molar-refractivity contribution in [2.45, 2.75) is 12.8 Å². The van der Waals surface area contributed by atoms with Crippen molar-refractivity contribution in [2.24, 2.45) is 0 Å². The summed E-state index contributed by atoms with van der Waals surface area (Å²) in [5.74, 6) is -0.425. The van der Waals surface area contributed by atoms with E-state index in [1.165, 1.54) is 18.4 Å². The molecule has 2 rings (SSSR count). The van der Waals surface area contributed by atoms with Crippen molar-refractivity contribution >= 4 is 34.5 Å². The molecule has 0 bridgehead atoms. The SMILES string of the molecule is O=C(O)c1cc(NS(=O)[O-])c(Cl)cc1CCc1ccco1. The minimum Gasteiger partial charge on any atom is -0.755 e. The lowest BCUT2D eigenvalue weighted by atomic mass is 10.0. The number of rotatable bonds is 6. The van der Waals surface area contributed by atoms with Gasteiger partial charge in [0, 0.05) is 17.7 Å². The maximum atomic E-state index is 11.3. The van der Waals surface area contributed by atoms with Crippen LogP contribution in [0.2, 0.25) is 5.02 Å². The number of nitrogens with one attached hydrogen (secondary N) is 1. The fraction of sp³-hybridized carbons (Fsp3) is 0.154. The van der Waals surface area contributed by atoms with E-state index in [-0.39, 0.29) is 16.3 Å². The van der Waals surface area contributed by atoms with Gasteiger partial charge in [-0.05, 0) is 36.2 Å². The second-order valence-electron chi connectivity index (χ2n) is 4.21. The summed E-state index contributed by atoms with van der Waals surface area (Å²) in [6, 6.07) is 6.19. The normalized spacial score (nSPS) is 12.1. The van der Waals surface area contributed by atoms with Crippen LogP contribution in [0.5, 0.6) is 0 Å². The summed E-state index contributed by atoms with van der Waals surface area (Å²) in [5.41, 5.74) is 0.536. The Morgan fingerprint density at radius 1 is 1.43 bits per heavy atom. The number of carboxylic acid groups (broad SMARTS) is 1. The molecule has 2 N–H and O–H groups in total. The standard InChI is InChI=1S/C13H12ClNO5S/c14-11-6-8(3-4-9-2-1-5-20-9)10(13(16)17)7-12(11)15-21(18)19/h1-2,5-7,15H,3-4H2,(H,16,17)(H,18,19)/p-1. The number of aromatic carboxylic acids is 1. The van der Waals surface area contributed by atoms with Gasteiger partial charge in [0.2, 0.25) is 0 Å². The molecular formula is C13H11ClNO5S-. The van der Waals surface area contributed by atoms with E-state index in [2.05, 4.69) is 4.72 Å². The number of aryl methyl sites for hydroxylation is 2. The smallest absolute Gasteiger partial charge is 0.336 e.